The van der Waals surface area contributed by atoms with E-state index in [1.165, 1.54) is 22.9 Å². The lowest BCUT2D eigenvalue weighted by Gasteiger charge is -2.07. The summed E-state index contributed by atoms with van der Waals surface area (Å²) in [7, 11) is 0. The summed E-state index contributed by atoms with van der Waals surface area (Å²) < 4.78 is 7.63. The van der Waals surface area contributed by atoms with Crippen molar-refractivity contribution in [3.8, 4) is 0 Å². The molecule has 2 aromatic rings. The maximum atomic E-state index is 5.60. The second-order valence-corrected chi connectivity index (χ2v) is 5.31. The van der Waals surface area contributed by atoms with E-state index in [1.54, 1.807) is 0 Å². The van der Waals surface area contributed by atoms with E-state index >= 15 is 0 Å². The van der Waals surface area contributed by atoms with Gasteiger partial charge in [0.1, 0.15) is 0 Å². The van der Waals surface area contributed by atoms with Gasteiger partial charge in [-0.1, -0.05) is 33.3 Å². The Morgan fingerprint density at radius 3 is 2.84 bits per heavy atom. The average molecular weight is 260 g/mol. The summed E-state index contributed by atoms with van der Waals surface area (Å²) in [5.74, 6) is 0.560. The summed E-state index contributed by atoms with van der Waals surface area (Å²) in [5.41, 5.74) is 2.56. The molecule has 0 saturated carbocycles. The van der Waals surface area contributed by atoms with Gasteiger partial charge in [-0.15, -0.1) is 0 Å². The molecule has 1 aromatic heterocycles. The lowest BCUT2D eigenvalue weighted by Crippen LogP contribution is -2.07. The molecule has 0 aliphatic heterocycles. The van der Waals surface area contributed by atoms with Crippen LogP contribution < -0.4 is 0 Å². The van der Waals surface area contributed by atoms with Crippen molar-refractivity contribution in [3.63, 3.8) is 0 Å². The van der Waals surface area contributed by atoms with Crippen LogP contribution >= 0.6 is 0 Å². The molecule has 104 valence electrons. The highest BCUT2D eigenvalue weighted by Crippen LogP contribution is 2.21. The summed E-state index contributed by atoms with van der Waals surface area (Å²) in [6.07, 6.45) is 4.27. The minimum absolute atomic E-state index is 0.560. The first-order valence-electron chi connectivity index (χ1n) is 7.25. The van der Waals surface area contributed by atoms with Crippen molar-refractivity contribution >= 4 is 10.9 Å². The first kappa shape index (κ1) is 14.1. The number of hydrogen-bond acceptors (Lipinski definition) is 2. The summed E-state index contributed by atoms with van der Waals surface area (Å²) in [6.45, 7) is 9.03. The zero-order valence-electron chi connectivity index (χ0n) is 12.2. The van der Waals surface area contributed by atoms with Crippen LogP contribution in [-0.4, -0.2) is 23.0 Å². The third-order valence-electron chi connectivity index (χ3n) is 3.42. The van der Waals surface area contributed by atoms with Gasteiger partial charge in [-0.3, -0.25) is 4.68 Å². The molecule has 0 radical (unpaired) electrons. The molecule has 0 fully saturated rings. The van der Waals surface area contributed by atoms with Crippen LogP contribution in [0.15, 0.2) is 24.4 Å². The van der Waals surface area contributed by atoms with Gasteiger partial charge in [0.05, 0.1) is 24.9 Å². The van der Waals surface area contributed by atoms with Crippen molar-refractivity contribution in [2.24, 2.45) is 0 Å². The predicted octanol–water partition coefficient (Wildman–Crippen LogP) is 3.98. The molecule has 19 heavy (non-hydrogen) atoms. The molecule has 0 aliphatic rings. The molecule has 0 bridgehead atoms. The number of rotatable bonds is 7. The van der Waals surface area contributed by atoms with Crippen molar-refractivity contribution in [1.29, 1.82) is 0 Å². The predicted molar refractivity (Wildman–Crippen MR) is 79.5 cm³/mol. The van der Waals surface area contributed by atoms with E-state index in [1.807, 2.05) is 10.9 Å². The fourth-order valence-electron chi connectivity index (χ4n) is 2.14. The Morgan fingerprint density at radius 1 is 1.26 bits per heavy atom. The van der Waals surface area contributed by atoms with Gasteiger partial charge in [0.25, 0.3) is 0 Å². The third kappa shape index (κ3) is 3.57. The maximum Gasteiger partial charge on any atom is 0.0683 e. The Kier molecular flexibility index (Phi) is 4.97. The molecule has 1 heterocycles. The van der Waals surface area contributed by atoms with Crippen LogP contribution in [0, 0.1) is 0 Å². The summed E-state index contributed by atoms with van der Waals surface area (Å²) >= 11 is 0. The van der Waals surface area contributed by atoms with Crippen LogP contribution in [0.2, 0.25) is 0 Å². The number of unbranched alkanes of at least 4 members (excludes halogenated alkanes) is 1. The standard InChI is InChI=1S/C16H24N2O/c1-4-5-9-19-10-8-18-16-7-6-14(13(2)3)11-15(16)12-17-18/h6-7,11-13H,4-5,8-10H2,1-3H3. The number of aromatic nitrogens is 2. The second-order valence-electron chi connectivity index (χ2n) is 5.31. The Hall–Kier alpha value is -1.35. The van der Waals surface area contributed by atoms with E-state index in [9.17, 15) is 0 Å². The van der Waals surface area contributed by atoms with Gasteiger partial charge in [-0.25, -0.2) is 0 Å². The van der Waals surface area contributed by atoms with Gasteiger partial charge in [0, 0.05) is 12.0 Å². The second kappa shape index (κ2) is 6.71. The minimum atomic E-state index is 0.560. The highest BCUT2D eigenvalue weighted by Gasteiger charge is 2.05. The van der Waals surface area contributed by atoms with Crippen LogP contribution in [0.5, 0.6) is 0 Å². The van der Waals surface area contributed by atoms with E-state index in [0.717, 1.165) is 26.2 Å². The first-order chi connectivity index (χ1) is 9.22. The zero-order chi connectivity index (χ0) is 13.7. The lowest BCUT2D eigenvalue weighted by atomic mass is 10.0. The fourth-order valence-corrected chi connectivity index (χ4v) is 2.14. The number of benzene rings is 1. The van der Waals surface area contributed by atoms with Gasteiger partial charge in [-0.2, -0.15) is 5.10 Å². The van der Waals surface area contributed by atoms with Gasteiger partial charge in [0.15, 0.2) is 0 Å². The van der Waals surface area contributed by atoms with Gasteiger partial charge < -0.3 is 4.74 Å². The number of nitrogens with zero attached hydrogens (tertiary/aromatic N) is 2. The van der Waals surface area contributed by atoms with Crippen molar-refractivity contribution in [2.75, 3.05) is 13.2 Å². The van der Waals surface area contributed by atoms with Crippen LogP contribution in [0.4, 0.5) is 0 Å². The van der Waals surface area contributed by atoms with Crippen molar-refractivity contribution < 1.29 is 4.74 Å². The molecule has 2 rings (SSSR count). The van der Waals surface area contributed by atoms with Crippen LogP contribution in [-0.2, 0) is 11.3 Å². The van der Waals surface area contributed by atoms with Gasteiger partial charge in [0.2, 0.25) is 0 Å². The first-order valence-corrected chi connectivity index (χ1v) is 7.25. The fraction of sp³-hybridized carbons (Fsp3) is 0.562. The van der Waals surface area contributed by atoms with Crippen molar-refractivity contribution in [1.82, 2.24) is 9.78 Å². The molecule has 0 unspecified atom stereocenters. The van der Waals surface area contributed by atoms with E-state index in [2.05, 4.69) is 44.1 Å². The molecular formula is C16H24N2O. The average Bonchev–Trinajstić information content (AvgIpc) is 2.81. The van der Waals surface area contributed by atoms with Crippen LogP contribution in [0.3, 0.4) is 0 Å². The minimum Gasteiger partial charge on any atom is -0.380 e. The summed E-state index contributed by atoms with van der Waals surface area (Å²) in [5, 5.41) is 5.67. The van der Waals surface area contributed by atoms with Crippen molar-refractivity contribution in [3.05, 3.63) is 30.0 Å². The van der Waals surface area contributed by atoms with Crippen molar-refractivity contribution in [2.45, 2.75) is 46.1 Å². The Balaban J connectivity index is 2.00. The lowest BCUT2D eigenvalue weighted by molar-refractivity contribution is 0.122. The van der Waals surface area contributed by atoms with E-state index < -0.39 is 0 Å². The Bertz CT molecular complexity index is 516. The number of fused-ring (bicyclic) bond motifs is 1. The zero-order valence-corrected chi connectivity index (χ0v) is 12.2. The molecule has 0 N–H and O–H groups in total. The molecule has 3 heteroatoms. The topological polar surface area (TPSA) is 27.1 Å². The third-order valence-corrected chi connectivity index (χ3v) is 3.42. The molecule has 0 spiro atoms. The normalized spacial score (nSPS) is 11.6. The Morgan fingerprint density at radius 2 is 2.11 bits per heavy atom. The summed E-state index contributed by atoms with van der Waals surface area (Å²) in [4.78, 5) is 0. The number of hydrogen-bond donors (Lipinski definition) is 0. The van der Waals surface area contributed by atoms with Gasteiger partial charge >= 0.3 is 0 Å². The Labute approximate surface area is 115 Å². The monoisotopic (exact) mass is 260 g/mol. The molecule has 0 saturated heterocycles. The SMILES string of the molecule is CCCCOCCn1ncc2cc(C(C)C)ccc21. The molecular weight excluding hydrogens is 236 g/mol. The van der Waals surface area contributed by atoms with E-state index in [4.69, 9.17) is 4.74 Å². The summed E-state index contributed by atoms with van der Waals surface area (Å²) in [6, 6.07) is 6.61. The highest BCUT2D eigenvalue weighted by atomic mass is 16.5. The quantitative estimate of drug-likeness (QED) is 0.704. The molecule has 0 amide bonds. The molecule has 1 aromatic carbocycles. The van der Waals surface area contributed by atoms with E-state index in [-0.39, 0.29) is 0 Å². The smallest absolute Gasteiger partial charge is 0.0683 e. The van der Waals surface area contributed by atoms with Crippen LogP contribution in [0.25, 0.3) is 10.9 Å². The largest absolute Gasteiger partial charge is 0.380 e. The molecule has 3 nitrogen and oxygen atoms in total. The van der Waals surface area contributed by atoms with E-state index in [0.29, 0.717) is 5.92 Å². The maximum absolute atomic E-state index is 5.60. The molecule has 0 aliphatic carbocycles. The number of ether oxygens (including phenoxy) is 1. The van der Waals surface area contributed by atoms with Crippen LogP contribution in [0.1, 0.15) is 45.1 Å². The molecule has 0 atom stereocenters. The van der Waals surface area contributed by atoms with Gasteiger partial charge in [-0.05, 0) is 30.0 Å². The highest BCUT2D eigenvalue weighted by molar-refractivity contribution is 5.79.